The van der Waals surface area contributed by atoms with Crippen LogP contribution in [-0.4, -0.2) is 37.6 Å². The lowest BCUT2D eigenvalue weighted by molar-refractivity contribution is -0.127. The molecule has 1 unspecified atom stereocenters. The fourth-order valence-electron chi connectivity index (χ4n) is 2.49. The van der Waals surface area contributed by atoms with E-state index < -0.39 is 6.10 Å². The smallest absolute Gasteiger partial charge is 0.260 e. The highest BCUT2D eigenvalue weighted by atomic mass is 35.5. The highest BCUT2D eigenvalue weighted by Gasteiger charge is 2.14. The van der Waals surface area contributed by atoms with E-state index >= 15 is 0 Å². The van der Waals surface area contributed by atoms with Gasteiger partial charge in [-0.2, -0.15) is 0 Å². The summed E-state index contributed by atoms with van der Waals surface area (Å²) in [5.74, 6) is 0.573. The summed E-state index contributed by atoms with van der Waals surface area (Å²) in [5, 5.41) is 6.67. The molecule has 2 aromatic rings. The topological polar surface area (TPSA) is 76.7 Å². The fourth-order valence-corrected chi connectivity index (χ4v) is 2.73. The van der Waals surface area contributed by atoms with Crippen LogP contribution in [0.2, 0.25) is 10.0 Å². The molecule has 0 aliphatic carbocycles. The van der Waals surface area contributed by atoms with E-state index in [0.717, 1.165) is 11.1 Å². The van der Waals surface area contributed by atoms with Crippen LogP contribution >= 0.6 is 23.2 Å². The van der Waals surface area contributed by atoms with Crippen molar-refractivity contribution in [1.29, 1.82) is 0 Å². The average molecular weight is 439 g/mol. The molecule has 0 saturated heterocycles. The van der Waals surface area contributed by atoms with Gasteiger partial charge in [0, 0.05) is 23.1 Å². The second kappa shape index (κ2) is 10.9. The van der Waals surface area contributed by atoms with Crippen LogP contribution in [0.3, 0.4) is 0 Å². The largest absolute Gasteiger partial charge is 0.484 e. The predicted molar refractivity (Wildman–Crippen MR) is 114 cm³/mol. The van der Waals surface area contributed by atoms with Crippen LogP contribution in [0.5, 0.6) is 11.5 Å². The van der Waals surface area contributed by atoms with E-state index in [0.29, 0.717) is 21.5 Å². The number of halogens is 2. The molecule has 2 amide bonds. The summed E-state index contributed by atoms with van der Waals surface area (Å²) < 4.78 is 11.0. The summed E-state index contributed by atoms with van der Waals surface area (Å²) in [6, 6.07) is 10.3. The minimum absolute atomic E-state index is 0.120. The van der Waals surface area contributed by atoms with Crippen LogP contribution in [0.15, 0.2) is 36.4 Å². The lowest BCUT2D eigenvalue weighted by Gasteiger charge is -2.15. The molecule has 0 heterocycles. The van der Waals surface area contributed by atoms with Gasteiger partial charge in [-0.1, -0.05) is 23.2 Å². The molecule has 29 heavy (non-hydrogen) atoms. The van der Waals surface area contributed by atoms with E-state index in [1.807, 2.05) is 13.8 Å². The molecule has 6 nitrogen and oxygen atoms in total. The van der Waals surface area contributed by atoms with Gasteiger partial charge in [0.15, 0.2) is 12.7 Å². The van der Waals surface area contributed by atoms with E-state index in [9.17, 15) is 9.59 Å². The Labute approximate surface area is 180 Å². The second-order valence-electron chi connectivity index (χ2n) is 6.51. The van der Waals surface area contributed by atoms with Crippen LogP contribution in [0, 0.1) is 13.8 Å². The molecule has 1 atom stereocenters. The molecule has 0 aromatic heterocycles. The van der Waals surface area contributed by atoms with Crippen molar-refractivity contribution in [3.05, 3.63) is 57.6 Å². The summed E-state index contributed by atoms with van der Waals surface area (Å²) in [4.78, 5) is 23.9. The minimum Gasteiger partial charge on any atom is -0.484 e. The number of carbonyl (C=O) groups excluding carboxylic acids is 2. The Morgan fingerprint density at radius 3 is 2.17 bits per heavy atom. The molecule has 0 radical (unpaired) electrons. The Kier molecular flexibility index (Phi) is 8.61. The fraction of sp³-hybridized carbons (Fsp3) is 0.333. The number of amides is 2. The zero-order valence-electron chi connectivity index (χ0n) is 16.6. The van der Waals surface area contributed by atoms with Crippen molar-refractivity contribution in [3.8, 4) is 11.5 Å². The number of rotatable bonds is 9. The van der Waals surface area contributed by atoms with Crippen LogP contribution < -0.4 is 20.1 Å². The van der Waals surface area contributed by atoms with Crippen molar-refractivity contribution >= 4 is 35.0 Å². The Morgan fingerprint density at radius 2 is 1.55 bits per heavy atom. The first-order chi connectivity index (χ1) is 13.8. The van der Waals surface area contributed by atoms with Gasteiger partial charge in [0.2, 0.25) is 0 Å². The zero-order chi connectivity index (χ0) is 21.4. The van der Waals surface area contributed by atoms with Gasteiger partial charge >= 0.3 is 0 Å². The summed E-state index contributed by atoms with van der Waals surface area (Å²) in [6.07, 6.45) is -0.674. The van der Waals surface area contributed by atoms with Gasteiger partial charge in [-0.15, -0.1) is 0 Å². The van der Waals surface area contributed by atoms with E-state index in [-0.39, 0.29) is 31.5 Å². The van der Waals surface area contributed by atoms with Gasteiger partial charge in [-0.3, -0.25) is 9.59 Å². The Hall–Kier alpha value is -2.44. The van der Waals surface area contributed by atoms with Crippen molar-refractivity contribution in [3.63, 3.8) is 0 Å². The van der Waals surface area contributed by atoms with Crippen molar-refractivity contribution in [1.82, 2.24) is 10.6 Å². The van der Waals surface area contributed by atoms with Crippen molar-refractivity contribution < 1.29 is 19.1 Å². The number of ether oxygens (including phenoxy) is 2. The Morgan fingerprint density at radius 1 is 0.966 bits per heavy atom. The number of nitrogens with one attached hydrogen (secondary N) is 2. The molecule has 156 valence electrons. The first-order valence-corrected chi connectivity index (χ1v) is 9.88. The predicted octanol–water partition coefficient (Wildman–Crippen LogP) is 3.69. The maximum atomic E-state index is 12.1. The van der Waals surface area contributed by atoms with Crippen LogP contribution in [0.1, 0.15) is 18.1 Å². The van der Waals surface area contributed by atoms with Crippen LogP contribution in [0.25, 0.3) is 0 Å². The summed E-state index contributed by atoms with van der Waals surface area (Å²) >= 11 is 11.9. The third kappa shape index (κ3) is 7.48. The molecular weight excluding hydrogens is 415 g/mol. The van der Waals surface area contributed by atoms with Gasteiger partial charge in [-0.05, 0) is 68.3 Å². The number of benzene rings is 2. The van der Waals surface area contributed by atoms with Gasteiger partial charge in [0.1, 0.15) is 11.5 Å². The zero-order valence-corrected chi connectivity index (χ0v) is 18.1. The molecule has 8 heteroatoms. The lowest BCUT2D eigenvalue weighted by atomic mass is 10.1. The van der Waals surface area contributed by atoms with E-state index in [4.69, 9.17) is 32.7 Å². The van der Waals surface area contributed by atoms with Crippen molar-refractivity contribution in [2.75, 3.05) is 19.7 Å². The summed E-state index contributed by atoms with van der Waals surface area (Å²) in [6.45, 7) is 5.83. The summed E-state index contributed by atoms with van der Waals surface area (Å²) in [7, 11) is 0. The second-order valence-corrected chi connectivity index (χ2v) is 7.33. The van der Waals surface area contributed by atoms with Gasteiger partial charge in [0.05, 0.1) is 0 Å². The molecule has 2 aromatic carbocycles. The van der Waals surface area contributed by atoms with Gasteiger partial charge in [0.25, 0.3) is 11.8 Å². The molecular formula is C21H24Cl2N2O4. The first kappa shape index (κ1) is 22.8. The molecule has 2 N–H and O–H groups in total. The third-order valence-corrected chi connectivity index (χ3v) is 4.87. The average Bonchev–Trinajstić information content (AvgIpc) is 2.69. The SMILES string of the molecule is Cc1cc(OCC(=O)NCCNC(=O)C(C)Oc2ccc(Cl)cc2)cc(C)c1Cl. The maximum absolute atomic E-state index is 12.1. The normalized spacial score (nSPS) is 11.5. The number of aryl methyl sites for hydroxylation is 2. The molecule has 0 bridgehead atoms. The molecule has 2 rings (SSSR count). The quantitative estimate of drug-likeness (QED) is 0.585. The van der Waals surface area contributed by atoms with Gasteiger partial charge in [-0.25, -0.2) is 0 Å². The highest BCUT2D eigenvalue weighted by Crippen LogP contribution is 2.25. The van der Waals surface area contributed by atoms with E-state index in [1.165, 1.54) is 0 Å². The highest BCUT2D eigenvalue weighted by molar-refractivity contribution is 6.32. The third-order valence-electron chi connectivity index (χ3n) is 4.02. The van der Waals surface area contributed by atoms with Crippen molar-refractivity contribution in [2.45, 2.75) is 26.9 Å². The molecule has 0 aliphatic rings. The maximum Gasteiger partial charge on any atom is 0.260 e. The number of hydrogen-bond acceptors (Lipinski definition) is 4. The van der Waals surface area contributed by atoms with E-state index in [1.54, 1.807) is 43.3 Å². The molecule has 0 aliphatic heterocycles. The Bertz CT molecular complexity index is 833. The first-order valence-electron chi connectivity index (χ1n) is 9.12. The van der Waals surface area contributed by atoms with E-state index in [2.05, 4.69) is 10.6 Å². The Balaban J connectivity index is 1.65. The van der Waals surface area contributed by atoms with Crippen molar-refractivity contribution in [2.24, 2.45) is 0 Å². The molecule has 0 saturated carbocycles. The summed E-state index contributed by atoms with van der Waals surface area (Å²) in [5.41, 5.74) is 1.78. The number of carbonyl (C=O) groups is 2. The van der Waals surface area contributed by atoms with Crippen LogP contribution in [0.4, 0.5) is 0 Å². The lowest BCUT2D eigenvalue weighted by Crippen LogP contribution is -2.41. The monoisotopic (exact) mass is 438 g/mol. The molecule has 0 spiro atoms. The standard InChI is InChI=1S/C21H24Cl2N2O4/c1-13-10-18(11-14(2)20(13)23)28-12-19(26)24-8-9-25-21(27)15(3)29-17-6-4-16(22)5-7-17/h4-7,10-11,15H,8-9,12H2,1-3H3,(H,24,26)(H,25,27). The minimum atomic E-state index is -0.674. The molecule has 0 fully saturated rings. The van der Waals surface area contributed by atoms with Gasteiger partial charge < -0.3 is 20.1 Å². The number of hydrogen-bond donors (Lipinski definition) is 2. The van der Waals surface area contributed by atoms with Crippen LogP contribution in [-0.2, 0) is 9.59 Å².